The van der Waals surface area contributed by atoms with Gasteiger partial charge in [0.25, 0.3) is 0 Å². The first-order chi connectivity index (χ1) is 46.4. The van der Waals surface area contributed by atoms with E-state index in [9.17, 15) is 112 Å². The third-order valence-electron chi connectivity index (χ3n) is 24.4. The number of rotatable bonds is 22. The van der Waals surface area contributed by atoms with Gasteiger partial charge in [0.15, 0.2) is 43.5 Å². The van der Waals surface area contributed by atoms with Gasteiger partial charge in [-0.2, -0.15) is 0 Å². The molecule has 4 aliphatic carbocycles. The molecule has 0 spiro atoms. The van der Waals surface area contributed by atoms with E-state index < -0.39 is 242 Å². The summed E-state index contributed by atoms with van der Waals surface area (Å²) in [5, 5.41) is 240. The molecule has 0 aromatic carbocycles. The van der Waals surface area contributed by atoms with Gasteiger partial charge in [0, 0.05) is 12.3 Å². The average Bonchev–Trinajstić information content (AvgIpc) is 1.50. The smallest absolute Gasteiger partial charge is 0.187 e. The first-order valence-electron chi connectivity index (χ1n) is 34.5. The van der Waals surface area contributed by atoms with Gasteiger partial charge in [-0.3, -0.25) is 0 Å². The summed E-state index contributed by atoms with van der Waals surface area (Å²) in [4.78, 5) is 0. The topological polar surface area (TPSA) is 565 Å². The zero-order valence-electron chi connectivity index (χ0n) is 55.1. The summed E-state index contributed by atoms with van der Waals surface area (Å²) in [6.45, 7) is 3.20. The van der Waals surface area contributed by atoms with Crippen molar-refractivity contribution in [3.63, 3.8) is 0 Å². The maximum atomic E-state index is 12.2. The van der Waals surface area contributed by atoms with E-state index in [2.05, 4.69) is 20.8 Å². The van der Waals surface area contributed by atoms with Crippen molar-refractivity contribution in [1.82, 2.24) is 0 Å². The summed E-state index contributed by atoms with van der Waals surface area (Å²) in [7, 11) is 0. The molecule has 0 aromatic heterocycles. The van der Waals surface area contributed by atoms with Crippen LogP contribution in [0.3, 0.4) is 0 Å². The molecule has 7 heterocycles. The van der Waals surface area contributed by atoms with Crippen LogP contribution >= 0.6 is 0 Å². The number of aliphatic hydroxyl groups excluding tert-OH is 21. The van der Waals surface area contributed by atoms with Gasteiger partial charge in [-0.1, -0.05) is 27.7 Å². The molecule has 0 amide bonds. The number of hydrogen-bond acceptors (Lipinski definition) is 35. The SMILES string of the molecule is C[C@H](CC[C@@]1(O)O[C@H]2C[C@H]3C4CC[C@H]5C[C@@H](O[C@@H]6O[C@H](CO)[C@@H](O)[C@H](O[C@@H]7O[C@H](CO)[C@H](O[C@@H]8O[C@H](CO)[C@@H](O)[C@H](O[C@@H]9O[C@H](CO)[C@@H](O)[C@H](O)[C@H]9O)[C@H]8O[C@@H]8O[C@H](CO)[C@@H](O)[C@H](O)[C@H]8O)[C@H](O)[C@H]7O)[C@H]6O)[C@H](O)C[C@]5(C)[C@H]4CC[C@]3(C)[C@H]2[C@@H]1C)CO[C@@H]1O[C@H](CO)[C@@H](O)[C@H](O)[C@H]1O. The molecular formula is C63H106O35. The van der Waals surface area contributed by atoms with Crippen molar-refractivity contribution < 1.29 is 174 Å². The van der Waals surface area contributed by atoms with Crippen LogP contribution in [0.1, 0.15) is 85.5 Å². The molecule has 43 atom stereocenters. The fourth-order valence-electron chi connectivity index (χ4n) is 18.6. The van der Waals surface area contributed by atoms with E-state index in [1.54, 1.807) is 0 Å². The molecular weight excluding hydrogens is 1320 g/mol. The highest BCUT2D eigenvalue weighted by atomic mass is 16.8. The standard InChI is InChI=1S/C63H106O35/c1-21(20-86-55-46(80)42(76)37(71)30(14-64)88-55)7-10-63(85)22(2)36-29(98-63)12-26-24-6-5-23-11-28(27(70)13-62(23,4)25(24)8-9-61(26,36)3)87-59-50(84)52(40(74)33(17-67)91-59)95-58-49(83)45(79)51(35(19-69)93-58)94-60-54(97-57-48(82)44(78)39(73)32(16-66)90-57)53(41(75)34(18-68)92-60)96-56-47(81)43(77)38(72)31(15-65)89-56/h21-60,64-85H,5-20H2,1-4H3/t21-,22+,23+,24?,25+,26+,27-,28-,29+,30-,31-,32-,33-,34-,35-,36+,37-,38-,39-,40-,41-,42+,43+,44+,45-,46-,47-,48-,49-,50-,51+,52+,53+,54-,55-,56+,57+,58+,59-,60+,61+,62+,63-/m1/s1. The van der Waals surface area contributed by atoms with Gasteiger partial charge in [-0.05, 0) is 97.7 Å². The quantitative estimate of drug-likeness (QED) is 0.0448. The molecule has 35 heteroatoms. The van der Waals surface area contributed by atoms with E-state index in [0.29, 0.717) is 25.7 Å². The molecule has 11 aliphatic rings. The van der Waals surface area contributed by atoms with Crippen LogP contribution in [0, 0.1) is 52.3 Å². The van der Waals surface area contributed by atoms with Crippen LogP contribution in [0.4, 0.5) is 0 Å². The van der Waals surface area contributed by atoms with Gasteiger partial charge in [-0.25, -0.2) is 0 Å². The Morgan fingerprint density at radius 1 is 0.429 bits per heavy atom. The minimum atomic E-state index is -2.23. The zero-order valence-corrected chi connectivity index (χ0v) is 55.1. The minimum Gasteiger partial charge on any atom is -0.394 e. The highest BCUT2D eigenvalue weighted by Gasteiger charge is 2.69. The third kappa shape index (κ3) is 14.3. The molecule has 98 heavy (non-hydrogen) atoms. The Kier molecular flexibility index (Phi) is 24.7. The first-order valence-corrected chi connectivity index (χ1v) is 34.5. The molecule has 0 radical (unpaired) electrons. The van der Waals surface area contributed by atoms with Crippen LogP contribution < -0.4 is 0 Å². The predicted molar refractivity (Wildman–Crippen MR) is 318 cm³/mol. The van der Waals surface area contributed by atoms with Gasteiger partial charge in [0.05, 0.1) is 64.6 Å². The molecule has 35 nitrogen and oxygen atoms in total. The van der Waals surface area contributed by atoms with E-state index in [1.165, 1.54) is 0 Å². The predicted octanol–water partition coefficient (Wildman–Crippen LogP) is -9.34. The fraction of sp³-hybridized carbons (Fsp3) is 1.00. The molecule has 4 saturated carbocycles. The van der Waals surface area contributed by atoms with Crippen molar-refractivity contribution in [2.24, 2.45) is 52.3 Å². The molecule has 568 valence electrons. The Bertz CT molecular complexity index is 2550. The van der Waals surface area contributed by atoms with Gasteiger partial charge in [0.2, 0.25) is 0 Å². The Morgan fingerprint density at radius 3 is 1.43 bits per heavy atom. The average molecular weight is 1420 g/mol. The monoisotopic (exact) mass is 1420 g/mol. The van der Waals surface area contributed by atoms with Crippen molar-refractivity contribution in [2.75, 3.05) is 46.2 Å². The van der Waals surface area contributed by atoms with E-state index >= 15 is 0 Å². The molecule has 22 N–H and O–H groups in total. The fourth-order valence-corrected chi connectivity index (χ4v) is 18.6. The van der Waals surface area contributed by atoms with E-state index in [-0.39, 0.29) is 65.0 Å². The van der Waals surface area contributed by atoms with Crippen molar-refractivity contribution in [3.8, 4) is 0 Å². The third-order valence-corrected chi connectivity index (χ3v) is 24.4. The summed E-state index contributed by atoms with van der Waals surface area (Å²) in [5.74, 6) is -0.883. The maximum Gasteiger partial charge on any atom is 0.187 e. The number of fused-ring (bicyclic) bond motifs is 7. The molecule has 7 aliphatic heterocycles. The van der Waals surface area contributed by atoms with Crippen LogP contribution in [0.25, 0.3) is 0 Å². The van der Waals surface area contributed by atoms with E-state index in [1.807, 2.05) is 6.92 Å². The summed E-state index contributed by atoms with van der Waals surface area (Å²) < 4.78 is 77.3. The molecule has 11 rings (SSSR count). The molecule has 1 unspecified atom stereocenters. The zero-order chi connectivity index (χ0) is 71.1. The summed E-state index contributed by atoms with van der Waals surface area (Å²) in [6, 6.07) is 0. The van der Waals surface area contributed by atoms with Crippen LogP contribution in [0.5, 0.6) is 0 Å². The molecule has 7 saturated heterocycles. The summed E-state index contributed by atoms with van der Waals surface area (Å²) in [6.07, 6.45) is -52.2. The lowest BCUT2D eigenvalue weighted by Crippen LogP contribution is -2.69. The Hall–Kier alpha value is -1.40. The second-order valence-electron chi connectivity index (χ2n) is 30.0. The first kappa shape index (κ1) is 77.7. The van der Waals surface area contributed by atoms with E-state index in [0.717, 1.165) is 32.1 Å². The van der Waals surface area contributed by atoms with Crippen LogP contribution in [-0.4, -0.2) is 367 Å². The van der Waals surface area contributed by atoms with Crippen LogP contribution in [-0.2, 0) is 61.6 Å². The lowest BCUT2D eigenvalue weighted by atomic mass is 9.44. The highest BCUT2D eigenvalue weighted by molar-refractivity contribution is 5.16. The maximum absolute atomic E-state index is 12.2. The lowest BCUT2D eigenvalue weighted by molar-refractivity contribution is -0.409. The summed E-state index contributed by atoms with van der Waals surface area (Å²) >= 11 is 0. The minimum absolute atomic E-state index is 0.0354. The van der Waals surface area contributed by atoms with Gasteiger partial charge in [0.1, 0.15) is 146 Å². The highest BCUT2D eigenvalue weighted by Crippen LogP contribution is 2.71. The van der Waals surface area contributed by atoms with Crippen molar-refractivity contribution in [3.05, 3.63) is 0 Å². The Morgan fingerprint density at radius 2 is 0.878 bits per heavy atom. The van der Waals surface area contributed by atoms with Gasteiger partial charge >= 0.3 is 0 Å². The van der Waals surface area contributed by atoms with E-state index in [4.69, 9.17) is 61.6 Å². The molecule has 11 fully saturated rings. The van der Waals surface area contributed by atoms with Crippen molar-refractivity contribution in [2.45, 2.75) is 294 Å². The van der Waals surface area contributed by atoms with Crippen molar-refractivity contribution >= 4 is 0 Å². The van der Waals surface area contributed by atoms with Crippen molar-refractivity contribution in [1.29, 1.82) is 0 Å². The second kappa shape index (κ2) is 31.2. The largest absolute Gasteiger partial charge is 0.394 e. The van der Waals surface area contributed by atoms with Crippen LogP contribution in [0.2, 0.25) is 0 Å². The molecule has 0 aromatic rings. The van der Waals surface area contributed by atoms with Gasteiger partial charge in [-0.15, -0.1) is 0 Å². The Balaban J connectivity index is 0.725. The Labute approximate surface area is 564 Å². The van der Waals surface area contributed by atoms with Gasteiger partial charge < -0.3 is 174 Å². The lowest BCUT2D eigenvalue weighted by Gasteiger charge is -2.62. The second-order valence-corrected chi connectivity index (χ2v) is 30.0. The number of ether oxygens (including phenoxy) is 13. The number of hydrogen-bond donors (Lipinski definition) is 22. The van der Waals surface area contributed by atoms with Crippen LogP contribution in [0.15, 0.2) is 0 Å². The normalized spacial score (nSPS) is 55.5. The number of aliphatic hydroxyl groups is 22. The molecule has 0 bridgehead atoms. The summed E-state index contributed by atoms with van der Waals surface area (Å²) in [5.41, 5.74) is -0.509.